The minimum absolute atomic E-state index is 0.171. The third-order valence-corrected chi connectivity index (χ3v) is 7.19. The Morgan fingerprint density at radius 3 is 2.41 bits per heavy atom. The van der Waals surface area contributed by atoms with Crippen LogP contribution in [-0.4, -0.2) is 67.6 Å². The Hall–Kier alpha value is -2.64. The number of hydrogen-bond acceptors (Lipinski definition) is 6. The van der Waals surface area contributed by atoms with Crippen LogP contribution >= 0.6 is 11.3 Å². The second kappa shape index (κ2) is 9.88. The number of hydrogen-bond donors (Lipinski definition) is 0. The van der Waals surface area contributed by atoms with E-state index in [9.17, 15) is 9.59 Å². The summed E-state index contributed by atoms with van der Waals surface area (Å²) in [6.45, 7) is 10.9. The highest BCUT2D eigenvalue weighted by molar-refractivity contribution is 7.11. The Balaban J connectivity index is 1.54. The molecule has 32 heavy (non-hydrogen) atoms. The summed E-state index contributed by atoms with van der Waals surface area (Å²) >= 11 is 1.51. The number of anilines is 1. The topological polar surface area (TPSA) is 53.1 Å². The number of rotatable bonds is 8. The lowest BCUT2D eigenvalue weighted by molar-refractivity contribution is -0.137. The normalized spacial score (nSPS) is 17.2. The fourth-order valence-electron chi connectivity index (χ4n) is 4.42. The summed E-state index contributed by atoms with van der Waals surface area (Å²) in [6, 6.07) is 10.3. The zero-order chi connectivity index (χ0) is 22.7. The molecular formula is C25H31N3O3S. The fraction of sp³-hybridized carbons (Fsp3) is 0.440. The number of benzene rings is 1. The van der Waals surface area contributed by atoms with Gasteiger partial charge in [0.1, 0.15) is 5.70 Å². The Labute approximate surface area is 194 Å². The molecule has 1 fully saturated rings. The maximum Gasteiger partial charge on any atom is 0.277 e. The SMILES string of the molecule is CCOCCCN1C(=O)C(c2cccs2)=C(N2CCN(c3cccc(C)c3C)CC2)C1=O. The van der Waals surface area contributed by atoms with Crippen molar-refractivity contribution in [3.63, 3.8) is 0 Å². The van der Waals surface area contributed by atoms with E-state index in [-0.39, 0.29) is 11.8 Å². The minimum atomic E-state index is -0.180. The molecule has 3 heterocycles. The molecule has 1 aromatic heterocycles. The third-order valence-electron chi connectivity index (χ3n) is 6.30. The van der Waals surface area contributed by atoms with Crippen LogP contribution in [0.2, 0.25) is 0 Å². The molecule has 0 radical (unpaired) electrons. The van der Waals surface area contributed by atoms with Crippen molar-refractivity contribution in [1.29, 1.82) is 0 Å². The lowest BCUT2D eigenvalue weighted by atomic mass is 10.1. The van der Waals surface area contributed by atoms with Gasteiger partial charge in [-0.25, -0.2) is 0 Å². The molecule has 0 aliphatic carbocycles. The van der Waals surface area contributed by atoms with Crippen molar-refractivity contribution in [1.82, 2.24) is 9.80 Å². The average Bonchev–Trinajstić information content (AvgIpc) is 3.40. The van der Waals surface area contributed by atoms with E-state index < -0.39 is 0 Å². The summed E-state index contributed by atoms with van der Waals surface area (Å²) in [5.41, 5.74) is 4.96. The van der Waals surface area contributed by atoms with E-state index in [0.29, 0.717) is 50.5 Å². The van der Waals surface area contributed by atoms with Crippen molar-refractivity contribution in [3.05, 3.63) is 57.4 Å². The maximum atomic E-state index is 13.4. The highest BCUT2D eigenvalue weighted by atomic mass is 32.1. The summed E-state index contributed by atoms with van der Waals surface area (Å²) in [6.07, 6.45) is 0.650. The van der Waals surface area contributed by atoms with E-state index in [1.54, 1.807) is 0 Å². The van der Waals surface area contributed by atoms with Crippen molar-refractivity contribution >= 4 is 34.4 Å². The second-order valence-corrected chi connectivity index (χ2v) is 9.15. The minimum Gasteiger partial charge on any atom is -0.382 e. The van der Waals surface area contributed by atoms with Gasteiger partial charge in [-0.15, -0.1) is 11.3 Å². The molecule has 1 saturated heterocycles. The molecule has 2 aromatic rings. The van der Waals surface area contributed by atoms with Crippen LogP contribution in [0.3, 0.4) is 0 Å². The van der Waals surface area contributed by atoms with Crippen LogP contribution < -0.4 is 4.90 Å². The van der Waals surface area contributed by atoms with Gasteiger partial charge in [-0.3, -0.25) is 14.5 Å². The fourth-order valence-corrected chi connectivity index (χ4v) is 5.18. The van der Waals surface area contributed by atoms with Crippen molar-refractivity contribution in [2.24, 2.45) is 0 Å². The van der Waals surface area contributed by atoms with Gasteiger partial charge >= 0.3 is 0 Å². The quantitative estimate of drug-likeness (QED) is 0.451. The molecule has 0 N–H and O–H groups in total. The molecular weight excluding hydrogens is 422 g/mol. The Morgan fingerprint density at radius 1 is 0.969 bits per heavy atom. The molecule has 0 bridgehead atoms. The number of amides is 2. The molecule has 170 valence electrons. The van der Waals surface area contributed by atoms with Crippen molar-refractivity contribution in [2.45, 2.75) is 27.2 Å². The smallest absolute Gasteiger partial charge is 0.277 e. The second-order valence-electron chi connectivity index (χ2n) is 8.21. The van der Waals surface area contributed by atoms with Crippen LogP contribution in [-0.2, 0) is 14.3 Å². The largest absolute Gasteiger partial charge is 0.382 e. The average molecular weight is 454 g/mol. The van der Waals surface area contributed by atoms with Gasteiger partial charge in [0.2, 0.25) is 0 Å². The first-order valence-corrected chi connectivity index (χ1v) is 12.2. The van der Waals surface area contributed by atoms with Gasteiger partial charge < -0.3 is 14.5 Å². The highest BCUT2D eigenvalue weighted by Crippen LogP contribution is 2.35. The molecule has 4 rings (SSSR count). The van der Waals surface area contributed by atoms with Crippen LogP contribution in [0.25, 0.3) is 5.57 Å². The maximum absolute atomic E-state index is 13.4. The van der Waals surface area contributed by atoms with Crippen LogP contribution in [0.4, 0.5) is 5.69 Å². The first-order chi connectivity index (χ1) is 15.5. The molecule has 0 unspecified atom stereocenters. The van der Waals surface area contributed by atoms with Gasteiger partial charge in [-0.1, -0.05) is 18.2 Å². The number of carbonyl (C=O) groups excluding carboxylic acids is 2. The first kappa shape index (κ1) is 22.6. The summed E-state index contributed by atoms with van der Waals surface area (Å²) in [5, 5.41) is 1.95. The van der Waals surface area contributed by atoms with E-state index in [2.05, 4.69) is 41.8 Å². The van der Waals surface area contributed by atoms with Crippen LogP contribution in [0.5, 0.6) is 0 Å². The van der Waals surface area contributed by atoms with Crippen LogP contribution in [0, 0.1) is 13.8 Å². The van der Waals surface area contributed by atoms with E-state index in [4.69, 9.17) is 4.74 Å². The Bertz CT molecular complexity index is 1010. The molecule has 2 aliphatic heterocycles. The van der Waals surface area contributed by atoms with Crippen LogP contribution in [0.1, 0.15) is 29.3 Å². The molecule has 0 saturated carbocycles. The predicted molar refractivity (Wildman–Crippen MR) is 129 cm³/mol. The van der Waals surface area contributed by atoms with E-state index in [1.807, 2.05) is 24.4 Å². The van der Waals surface area contributed by atoms with E-state index >= 15 is 0 Å². The third kappa shape index (κ3) is 4.32. The monoisotopic (exact) mass is 453 g/mol. The summed E-state index contributed by atoms with van der Waals surface area (Å²) in [5.74, 6) is -0.351. The van der Waals surface area contributed by atoms with E-state index in [0.717, 1.165) is 18.0 Å². The lowest BCUT2D eigenvalue weighted by Crippen LogP contribution is -2.48. The molecule has 1 aromatic carbocycles. The molecule has 0 spiro atoms. The lowest BCUT2D eigenvalue weighted by Gasteiger charge is -2.38. The zero-order valence-electron chi connectivity index (χ0n) is 19.1. The van der Waals surface area contributed by atoms with Crippen LogP contribution in [0.15, 0.2) is 41.4 Å². The summed E-state index contributed by atoms with van der Waals surface area (Å²) in [4.78, 5) is 33.4. The number of ether oxygens (including phenoxy) is 1. The molecule has 2 aliphatic rings. The molecule has 7 heteroatoms. The number of imide groups is 1. The Morgan fingerprint density at radius 2 is 1.72 bits per heavy atom. The zero-order valence-corrected chi connectivity index (χ0v) is 19.9. The molecule has 6 nitrogen and oxygen atoms in total. The van der Waals surface area contributed by atoms with Gasteiger partial charge in [-0.2, -0.15) is 0 Å². The van der Waals surface area contributed by atoms with Gasteiger partial charge in [0, 0.05) is 56.5 Å². The summed E-state index contributed by atoms with van der Waals surface area (Å²) < 4.78 is 5.40. The highest BCUT2D eigenvalue weighted by Gasteiger charge is 2.42. The number of piperazine rings is 1. The van der Waals surface area contributed by atoms with Crippen molar-refractivity contribution in [2.75, 3.05) is 50.8 Å². The van der Waals surface area contributed by atoms with Crippen molar-refractivity contribution in [3.8, 4) is 0 Å². The molecule has 0 atom stereocenters. The van der Waals surface area contributed by atoms with Gasteiger partial charge in [0.25, 0.3) is 11.8 Å². The first-order valence-electron chi connectivity index (χ1n) is 11.3. The standard InChI is InChI=1S/C25H31N3O3S/c1-4-31-16-7-11-28-24(29)22(21-10-6-17-32-21)23(25(28)30)27-14-12-26(13-15-27)20-9-5-8-18(2)19(20)3/h5-6,8-10,17H,4,7,11-16H2,1-3H3. The van der Waals surface area contributed by atoms with Gasteiger partial charge in [-0.05, 0) is 55.8 Å². The van der Waals surface area contributed by atoms with E-state index in [1.165, 1.54) is 33.1 Å². The van der Waals surface area contributed by atoms with Gasteiger partial charge in [0.05, 0.1) is 5.57 Å². The summed E-state index contributed by atoms with van der Waals surface area (Å²) in [7, 11) is 0. The number of nitrogens with zero attached hydrogens (tertiary/aromatic N) is 3. The van der Waals surface area contributed by atoms with Crippen molar-refractivity contribution < 1.29 is 14.3 Å². The van der Waals surface area contributed by atoms with Gasteiger partial charge in [0.15, 0.2) is 0 Å². The number of thiophene rings is 1. The molecule has 2 amide bonds. The number of carbonyl (C=O) groups is 2. The number of aryl methyl sites for hydroxylation is 1. The predicted octanol–water partition coefficient (Wildman–Crippen LogP) is 3.69. The Kier molecular flexibility index (Phi) is 6.96.